The van der Waals surface area contributed by atoms with E-state index < -0.39 is 5.97 Å². The van der Waals surface area contributed by atoms with Crippen molar-refractivity contribution < 1.29 is 19.4 Å². The van der Waals surface area contributed by atoms with Gasteiger partial charge in [0.15, 0.2) is 0 Å². The quantitative estimate of drug-likeness (QED) is 0.315. The second-order valence-electron chi connectivity index (χ2n) is 8.04. The third-order valence-corrected chi connectivity index (χ3v) is 6.80. The second kappa shape index (κ2) is 13.1. The number of nitrogens with one attached hydrogen (secondary N) is 1. The molecule has 1 aliphatic rings. The molecule has 4 rings (SSSR count). The van der Waals surface area contributed by atoms with Crippen molar-refractivity contribution in [3.63, 3.8) is 0 Å². The van der Waals surface area contributed by atoms with E-state index in [1.807, 2.05) is 87.5 Å². The third-order valence-electron chi connectivity index (χ3n) is 5.42. The number of thiophene rings is 1. The van der Waals surface area contributed by atoms with Gasteiger partial charge >= 0.3 is 5.97 Å². The first kappa shape index (κ1) is 27.2. The van der Waals surface area contributed by atoms with Crippen molar-refractivity contribution >= 4 is 47.0 Å². The number of ether oxygens (including phenoxy) is 1. The summed E-state index contributed by atoms with van der Waals surface area (Å²) in [7, 11) is 0. The van der Waals surface area contributed by atoms with E-state index >= 15 is 0 Å². The van der Waals surface area contributed by atoms with Crippen LogP contribution in [-0.4, -0.2) is 17.0 Å². The minimum atomic E-state index is -0.809. The van der Waals surface area contributed by atoms with Crippen molar-refractivity contribution in [3.8, 4) is 11.5 Å². The van der Waals surface area contributed by atoms with E-state index in [-0.39, 0.29) is 12.3 Å². The number of carboxylic acids is 1. The zero-order valence-corrected chi connectivity index (χ0v) is 22.2. The van der Waals surface area contributed by atoms with Crippen LogP contribution in [0.5, 0.6) is 11.5 Å². The van der Waals surface area contributed by atoms with Gasteiger partial charge in [-0.15, -0.1) is 11.3 Å². The Kier molecular flexibility index (Phi) is 9.91. The number of rotatable bonds is 8. The fraction of sp³-hybridized carbons (Fsp3) is 0.241. The number of carbonyl (C=O) groups is 2. The highest BCUT2D eigenvalue weighted by molar-refractivity contribution is 7.15. The number of fused-ring (bicyclic) bond motifs is 1. The lowest BCUT2D eigenvalue weighted by Gasteiger charge is -2.11. The predicted octanol–water partition coefficient (Wildman–Crippen LogP) is 7.82. The van der Waals surface area contributed by atoms with Gasteiger partial charge in [-0.25, -0.2) is 0 Å². The second-order valence-corrected chi connectivity index (χ2v) is 9.61. The molecule has 1 amide bonds. The Balaban J connectivity index is 0.00000176. The van der Waals surface area contributed by atoms with Gasteiger partial charge in [0.05, 0.1) is 4.88 Å². The Labute approximate surface area is 221 Å². The predicted molar refractivity (Wildman–Crippen MR) is 148 cm³/mol. The van der Waals surface area contributed by atoms with Crippen molar-refractivity contribution in [1.29, 1.82) is 0 Å². The summed E-state index contributed by atoms with van der Waals surface area (Å²) in [4.78, 5) is 25.2. The van der Waals surface area contributed by atoms with Crippen LogP contribution in [0.3, 0.4) is 0 Å². The van der Waals surface area contributed by atoms with Gasteiger partial charge < -0.3 is 15.2 Å². The first-order valence-electron chi connectivity index (χ1n) is 11.9. The number of halogens is 1. The number of hydrogen-bond acceptors (Lipinski definition) is 4. The Morgan fingerprint density at radius 2 is 1.89 bits per heavy atom. The first-order chi connectivity index (χ1) is 17.4. The van der Waals surface area contributed by atoms with Gasteiger partial charge in [-0.1, -0.05) is 49.7 Å². The maximum Gasteiger partial charge on any atom is 0.303 e. The molecule has 0 atom stereocenters. The Bertz CT molecular complexity index is 1290. The SMILES string of the molecule is CC.Cc1cc(Oc2cccc(CNC(=O)c3cc4c(s3)C=CCC(Cl)=C4)c2)ccc1CCC(=O)O. The van der Waals surface area contributed by atoms with E-state index in [2.05, 4.69) is 5.32 Å². The largest absolute Gasteiger partial charge is 0.481 e. The van der Waals surface area contributed by atoms with Gasteiger partial charge in [0.1, 0.15) is 11.5 Å². The number of aliphatic carboxylic acids is 1. The number of hydrogen-bond donors (Lipinski definition) is 2. The number of aryl methyl sites for hydroxylation is 2. The van der Waals surface area contributed by atoms with Crippen molar-refractivity contribution in [2.45, 2.75) is 46.6 Å². The molecule has 1 heterocycles. The molecule has 0 radical (unpaired) electrons. The average Bonchev–Trinajstić information content (AvgIpc) is 3.17. The molecule has 0 fully saturated rings. The molecule has 2 N–H and O–H groups in total. The smallest absolute Gasteiger partial charge is 0.303 e. The summed E-state index contributed by atoms with van der Waals surface area (Å²) in [5.74, 6) is 0.403. The molecule has 36 heavy (non-hydrogen) atoms. The summed E-state index contributed by atoms with van der Waals surface area (Å²) >= 11 is 7.62. The summed E-state index contributed by atoms with van der Waals surface area (Å²) in [5, 5.41) is 12.6. The lowest BCUT2D eigenvalue weighted by atomic mass is 10.0. The van der Waals surface area contributed by atoms with Crippen LogP contribution in [0, 0.1) is 6.92 Å². The molecule has 1 aliphatic carbocycles. The van der Waals surface area contributed by atoms with Gasteiger partial charge in [-0.3, -0.25) is 9.59 Å². The fourth-order valence-corrected chi connectivity index (χ4v) is 4.85. The highest BCUT2D eigenvalue weighted by Gasteiger charge is 2.14. The van der Waals surface area contributed by atoms with E-state index in [4.69, 9.17) is 21.4 Å². The molecule has 7 heteroatoms. The van der Waals surface area contributed by atoms with Crippen molar-refractivity contribution in [3.05, 3.63) is 91.6 Å². The minimum absolute atomic E-state index is 0.101. The Morgan fingerprint density at radius 3 is 2.64 bits per heavy atom. The maximum absolute atomic E-state index is 12.7. The first-order valence-corrected chi connectivity index (χ1v) is 13.1. The van der Waals surface area contributed by atoms with Crippen LogP contribution in [0.2, 0.25) is 0 Å². The van der Waals surface area contributed by atoms with Crippen LogP contribution in [0.25, 0.3) is 12.2 Å². The standard InChI is InChI=1S/C27H24ClNO4S.C2H6/c1-17-12-23(10-8-19(17)9-11-26(30)31)33-22-6-2-4-18(13-22)16-29-27(32)25-15-20-14-21(28)5-3-7-24(20)34-25;1-2/h2-4,6-8,10,12-15H,5,9,11,16H2,1H3,(H,29,32)(H,30,31);1-2H3. The number of allylic oxidation sites excluding steroid dienone is 2. The Hall–Kier alpha value is -3.35. The molecule has 0 aliphatic heterocycles. The lowest BCUT2D eigenvalue weighted by molar-refractivity contribution is -0.136. The van der Waals surface area contributed by atoms with Gasteiger partial charge in [-0.2, -0.15) is 0 Å². The maximum atomic E-state index is 12.7. The molecule has 0 saturated heterocycles. The molecular weight excluding hydrogens is 494 g/mol. The average molecular weight is 524 g/mol. The van der Waals surface area contributed by atoms with E-state index in [1.54, 1.807) is 0 Å². The van der Waals surface area contributed by atoms with E-state index in [9.17, 15) is 9.59 Å². The molecule has 2 aromatic carbocycles. The van der Waals surface area contributed by atoms with Crippen LogP contribution in [0.4, 0.5) is 0 Å². The van der Waals surface area contributed by atoms with E-state index in [0.29, 0.717) is 35.8 Å². The Morgan fingerprint density at radius 1 is 1.11 bits per heavy atom. The minimum Gasteiger partial charge on any atom is -0.481 e. The molecule has 3 aromatic rings. The normalized spacial score (nSPS) is 11.9. The zero-order valence-electron chi connectivity index (χ0n) is 20.6. The molecule has 0 saturated carbocycles. The van der Waals surface area contributed by atoms with Gasteiger partial charge in [0.25, 0.3) is 5.91 Å². The van der Waals surface area contributed by atoms with Crippen molar-refractivity contribution in [1.82, 2.24) is 5.32 Å². The molecule has 0 spiro atoms. The van der Waals surface area contributed by atoms with Crippen molar-refractivity contribution in [2.75, 3.05) is 0 Å². The van der Waals surface area contributed by atoms with E-state index in [1.165, 1.54) is 11.3 Å². The number of carbonyl (C=O) groups excluding carboxylic acids is 1. The molecule has 5 nitrogen and oxygen atoms in total. The van der Waals surface area contributed by atoms with Crippen LogP contribution in [0.15, 0.2) is 59.6 Å². The lowest BCUT2D eigenvalue weighted by Crippen LogP contribution is -2.21. The molecule has 188 valence electrons. The highest BCUT2D eigenvalue weighted by Crippen LogP contribution is 2.30. The van der Waals surface area contributed by atoms with Crippen LogP contribution in [-0.2, 0) is 17.8 Å². The van der Waals surface area contributed by atoms with E-state index in [0.717, 1.165) is 32.2 Å². The highest BCUT2D eigenvalue weighted by atomic mass is 35.5. The van der Waals surface area contributed by atoms with Crippen molar-refractivity contribution in [2.24, 2.45) is 0 Å². The molecular formula is C29H30ClNO4S. The molecule has 0 unspecified atom stereocenters. The van der Waals surface area contributed by atoms with Crippen LogP contribution >= 0.6 is 22.9 Å². The monoisotopic (exact) mass is 523 g/mol. The summed E-state index contributed by atoms with van der Waals surface area (Å²) in [6.45, 7) is 6.32. The molecule has 1 aromatic heterocycles. The van der Waals surface area contributed by atoms with Gasteiger partial charge in [-0.05, 0) is 78.1 Å². The summed E-state index contributed by atoms with van der Waals surface area (Å²) in [5.41, 5.74) is 3.86. The topological polar surface area (TPSA) is 75.6 Å². The fourth-order valence-electron chi connectivity index (χ4n) is 3.66. The number of benzene rings is 2. The summed E-state index contributed by atoms with van der Waals surface area (Å²) in [6, 6.07) is 15.1. The molecule has 0 bridgehead atoms. The third kappa shape index (κ3) is 7.57. The number of carboxylic acid groups (broad SMARTS) is 1. The van der Waals surface area contributed by atoms with Gasteiger partial charge in [0.2, 0.25) is 0 Å². The number of amides is 1. The van der Waals surface area contributed by atoms with Gasteiger partial charge in [0, 0.05) is 29.3 Å². The van der Waals surface area contributed by atoms with Crippen LogP contribution < -0.4 is 10.1 Å². The summed E-state index contributed by atoms with van der Waals surface area (Å²) in [6.07, 6.45) is 7.21. The van der Waals surface area contributed by atoms with Crippen LogP contribution in [0.1, 0.15) is 63.5 Å². The summed E-state index contributed by atoms with van der Waals surface area (Å²) < 4.78 is 6.00. The zero-order chi connectivity index (χ0) is 26.1.